The van der Waals surface area contributed by atoms with E-state index < -0.39 is 11.5 Å². The summed E-state index contributed by atoms with van der Waals surface area (Å²) in [5.41, 5.74) is -1.24. The molecule has 0 bridgehead atoms. The van der Waals surface area contributed by atoms with E-state index in [0.29, 0.717) is 30.9 Å². The van der Waals surface area contributed by atoms with Crippen LogP contribution in [0.15, 0.2) is 10.9 Å². The van der Waals surface area contributed by atoms with Crippen LogP contribution in [0, 0.1) is 0 Å². The molecule has 1 aromatic rings. The predicted octanol–water partition coefficient (Wildman–Crippen LogP) is 1.53. The highest BCUT2D eigenvalue weighted by Gasteiger charge is 2.39. The Morgan fingerprint density at radius 2 is 2.16 bits per heavy atom. The van der Waals surface area contributed by atoms with Gasteiger partial charge in [0.05, 0.1) is 0 Å². The molecule has 0 aliphatic heterocycles. The van der Waals surface area contributed by atoms with Crippen molar-refractivity contribution in [3.8, 4) is 0 Å². The van der Waals surface area contributed by atoms with Crippen LogP contribution in [-0.4, -0.2) is 26.6 Å². The maximum atomic E-state index is 11.5. The standard InChI is InChI=1S/C13H19N3O3/c1-2-9-14-10(8-11(17)15-9)16-13(12(18)19)6-4-3-5-7-13/h8H,2-7H2,1H3,(H,18,19)(H2,14,15,16,17). The van der Waals surface area contributed by atoms with Crippen molar-refractivity contribution >= 4 is 11.8 Å². The zero-order valence-corrected chi connectivity index (χ0v) is 11.0. The van der Waals surface area contributed by atoms with Crippen LogP contribution in [0.1, 0.15) is 44.9 Å². The fourth-order valence-electron chi connectivity index (χ4n) is 2.53. The molecule has 0 saturated heterocycles. The lowest BCUT2D eigenvalue weighted by Gasteiger charge is -2.34. The van der Waals surface area contributed by atoms with Crippen LogP contribution >= 0.6 is 0 Å². The van der Waals surface area contributed by atoms with Crippen molar-refractivity contribution in [2.45, 2.75) is 51.0 Å². The van der Waals surface area contributed by atoms with Crippen molar-refractivity contribution in [3.63, 3.8) is 0 Å². The number of carbonyl (C=O) groups is 1. The van der Waals surface area contributed by atoms with Crippen LogP contribution in [0.4, 0.5) is 5.82 Å². The molecule has 6 nitrogen and oxygen atoms in total. The average molecular weight is 265 g/mol. The summed E-state index contributed by atoms with van der Waals surface area (Å²) in [6, 6.07) is 1.32. The summed E-state index contributed by atoms with van der Waals surface area (Å²) in [5.74, 6) is 0.0450. The molecular weight excluding hydrogens is 246 g/mol. The maximum Gasteiger partial charge on any atom is 0.329 e. The molecule has 3 N–H and O–H groups in total. The van der Waals surface area contributed by atoms with Crippen molar-refractivity contribution in [1.29, 1.82) is 0 Å². The van der Waals surface area contributed by atoms with Gasteiger partial charge >= 0.3 is 5.97 Å². The molecule has 0 spiro atoms. The largest absolute Gasteiger partial charge is 0.480 e. The number of aryl methyl sites for hydroxylation is 1. The monoisotopic (exact) mass is 265 g/mol. The number of nitrogens with zero attached hydrogens (tertiary/aromatic N) is 1. The minimum absolute atomic E-state index is 0.259. The Balaban J connectivity index is 2.29. The molecule has 104 valence electrons. The zero-order chi connectivity index (χ0) is 13.9. The van der Waals surface area contributed by atoms with E-state index in [9.17, 15) is 14.7 Å². The van der Waals surface area contributed by atoms with Crippen molar-refractivity contribution in [3.05, 3.63) is 22.2 Å². The van der Waals surface area contributed by atoms with Crippen molar-refractivity contribution in [2.75, 3.05) is 5.32 Å². The van der Waals surface area contributed by atoms with Crippen LogP contribution in [0.25, 0.3) is 0 Å². The van der Waals surface area contributed by atoms with Crippen molar-refractivity contribution in [2.24, 2.45) is 0 Å². The summed E-state index contributed by atoms with van der Waals surface area (Å²) in [7, 11) is 0. The second kappa shape index (κ2) is 5.42. The first-order chi connectivity index (χ1) is 9.05. The summed E-state index contributed by atoms with van der Waals surface area (Å²) < 4.78 is 0. The number of hydrogen-bond acceptors (Lipinski definition) is 4. The number of nitrogens with one attached hydrogen (secondary N) is 2. The Morgan fingerprint density at radius 1 is 1.47 bits per heavy atom. The second-order valence-electron chi connectivity index (χ2n) is 5.00. The molecule has 0 radical (unpaired) electrons. The number of hydrogen-bond donors (Lipinski definition) is 3. The Kier molecular flexibility index (Phi) is 3.87. The molecule has 1 aliphatic carbocycles. The van der Waals surface area contributed by atoms with Crippen LogP contribution in [0.3, 0.4) is 0 Å². The lowest BCUT2D eigenvalue weighted by Crippen LogP contribution is -2.48. The maximum absolute atomic E-state index is 11.5. The van der Waals surface area contributed by atoms with Gasteiger partial charge in [-0.05, 0) is 12.8 Å². The Morgan fingerprint density at radius 3 is 2.74 bits per heavy atom. The van der Waals surface area contributed by atoms with E-state index in [1.165, 1.54) is 6.07 Å². The van der Waals surface area contributed by atoms with Gasteiger partial charge in [-0.1, -0.05) is 26.2 Å². The summed E-state index contributed by atoms with van der Waals surface area (Å²) in [5, 5.41) is 12.4. The molecule has 1 fully saturated rings. The lowest BCUT2D eigenvalue weighted by atomic mass is 9.81. The number of anilines is 1. The number of carboxylic acids is 1. The molecule has 2 rings (SSSR count). The van der Waals surface area contributed by atoms with Crippen LogP contribution in [0.5, 0.6) is 0 Å². The van der Waals surface area contributed by atoms with Gasteiger partial charge in [0, 0.05) is 12.5 Å². The van der Waals surface area contributed by atoms with Gasteiger partial charge in [-0.2, -0.15) is 0 Å². The smallest absolute Gasteiger partial charge is 0.329 e. The first kappa shape index (κ1) is 13.6. The summed E-state index contributed by atoms with van der Waals surface area (Å²) in [6.45, 7) is 1.88. The zero-order valence-electron chi connectivity index (χ0n) is 11.0. The number of aliphatic carboxylic acids is 1. The minimum Gasteiger partial charge on any atom is -0.480 e. The summed E-state index contributed by atoms with van der Waals surface area (Å²) in [6.07, 6.45) is 4.55. The van der Waals surface area contributed by atoms with Gasteiger partial charge in [0.15, 0.2) is 0 Å². The molecule has 1 heterocycles. The SMILES string of the molecule is CCc1nc(NC2(C(=O)O)CCCCC2)cc(=O)[nH]1. The van der Waals surface area contributed by atoms with Gasteiger partial charge in [0.2, 0.25) is 0 Å². The van der Waals surface area contributed by atoms with Gasteiger partial charge in [-0.15, -0.1) is 0 Å². The molecule has 1 aliphatic rings. The minimum atomic E-state index is -0.982. The van der Waals surface area contributed by atoms with Gasteiger partial charge in [0.1, 0.15) is 17.2 Å². The highest BCUT2D eigenvalue weighted by Crippen LogP contribution is 2.31. The number of H-pyrrole nitrogens is 1. The van der Waals surface area contributed by atoms with E-state index >= 15 is 0 Å². The van der Waals surface area contributed by atoms with Gasteiger partial charge in [-0.3, -0.25) is 4.79 Å². The number of aromatic nitrogens is 2. The molecule has 0 unspecified atom stereocenters. The molecule has 0 amide bonds. The van der Waals surface area contributed by atoms with Crippen LogP contribution < -0.4 is 10.9 Å². The van der Waals surface area contributed by atoms with E-state index in [-0.39, 0.29) is 5.56 Å². The van der Waals surface area contributed by atoms with Crippen molar-refractivity contribution < 1.29 is 9.90 Å². The van der Waals surface area contributed by atoms with E-state index in [1.807, 2.05) is 6.92 Å². The normalized spacial score (nSPS) is 17.9. The molecule has 1 aromatic heterocycles. The fraction of sp³-hybridized carbons (Fsp3) is 0.615. The number of carboxylic acid groups (broad SMARTS) is 1. The first-order valence-electron chi connectivity index (χ1n) is 6.67. The number of rotatable bonds is 4. The van der Waals surface area contributed by atoms with E-state index in [0.717, 1.165) is 19.3 Å². The highest BCUT2D eigenvalue weighted by atomic mass is 16.4. The Bertz CT molecular complexity index is 518. The van der Waals surface area contributed by atoms with Crippen LogP contribution in [-0.2, 0) is 11.2 Å². The third kappa shape index (κ3) is 2.94. The van der Waals surface area contributed by atoms with E-state index in [2.05, 4.69) is 15.3 Å². The third-order valence-corrected chi connectivity index (χ3v) is 3.61. The summed E-state index contributed by atoms with van der Waals surface area (Å²) >= 11 is 0. The lowest BCUT2D eigenvalue weighted by molar-refractivity contribution is -0.143. The molecule has 0 atom stereocenters. The van der Waals surface area contributed by atoms with Crippen LogP contribution in [0.2, 0.25) is 0 Å². The Labute approximate surface area is 111 Å². The molecule has 0 aromatic carbocycles. The summed E-state index contributed by atoms with van der Waals surface area (Å²) in [4.78, 5) is 29.9. The molecule has 19 heavy (non-hydrogen) atoms. The topological polar surface area (TPSA) is 95.1 Å². The van der Waals surface area contributed by atoms with E-state index in [1.54, 1.807) is 0 Å². The van der Waals surface area contributed by atoms with Gasteiger partial charge in [-0.25, -0.2) is 9.78 Å². The van der Waals surface area contributed by atoms with Gasteiger partial charge in [0.25, 0.3) is 5.56 Å². The molecule has 1 saturated carbocycles. The first-order valence-corrected chi connectivity index (χ1v) is 6.67. The molecule has 6 heteroatoms. The van der Waals surface area contributed by atoms with E-state index in [4.69, 9.17) is 0 Å². The predicted molar refractivity (Wildman–Crippen MR) is 71.3 cm³/mol. The average Bonchev–Trinajstić information content (AvgIpc) is 2.38. The van der Waals surface area contributed by atoms with Gasteiger partial charge < -0.3 is 15.4 Å². The molecular formula is C13H19N3O3. The third-order valence-electron chi connectivity index (χ3n) is 3.61. The fourth-order valence-corrected chi connectivity index (χ4v) is 2.53. The highest BCUT2D eigenvalue weighted by molar-refractivity contribution is 5.82. The number of aromatic amines is 1. The Hall–Kier alpha value is -1.85. The second-order valence-corrected chi connectivity index (χ2v) is 5.00. The quantitative estimate of drug-likeness (QED) is 0.767. The van der Waals surface area contributed by atoms with Crippen molar-refractivity contribution in [1.82, 2.24) is 9.97 Å².